The zero-order valence-electron chi connectivity index (χ0n) is 13.8. The van der Waals surface area contributed by atoms with Gasteiger partial charge in [0.2, 0.25) is 0 Å². The van der Waals surface area contributed by atoms with Crippen molar-refractivity contribution in [3.63, 3.8) is 0 Å². The summed E-state index contributed by atoms with van der Waals surface area (Å²) in [6.45, 7) is 12.2. The first-order chi connectivity index (χ1) is 9.99. The molecule has 1 aromatic rings. The van der Waals surface area contributed by atoms with Gasteiger partial charge in [-0.05, 0) is 42.9 Å². The van der Waals surface area contributed by atoms with Crippen molar-refractivity contribution in [3.8, 4) is 0 Å². The lowest BCUT2D eigenvalue weighted by Gasteiger charge is -2.41. The summed E-state index contributed by atoms with van der Waals surface area (Å²) in [4.78, 5) is 2.63. The Balaban J connectivity index is 2.11. The summed E-state index contributed by atoms with van der Waals surface area (Å²) >= 11 is 6.43. The third-order valence-corrected chi connectivity index (χ3v) is 4.78. The largest absolute Gasteiger partial charge is 0.311 e. The first-order valence-corrected chi connectivity index (χ1v) is 8.59. The standard InChI is InChI=1S/C18H29ClN2/c1-5-16-12-21(17(10-20-16)8-13(2)3)11-15-7-6-14(4)9-18(15)19/h6-7,9,13,16-17,20H,5,8,10-12H2,1-4H3. The molecule has 1 N–H and O–H groups in total. The Hall–Kier alpha value is -0.570. The highest BCUT2D eigenvalue weighted by Crippen LogP contribution is 2.23. The second kappa shape index (κ2) is 7.62. The van der Waals surface area contributed by atoms with Gasteiger partial charge < -0.3 is 5.32 Å². The van der Waals surface area contributed by atoms with E-state index in [1.807, 2.05) is 0 Å². The fourth-order valence-corrected chi connectivity index (χ4v) is 3.47. The Morgan fingerprint density at radius 3 is 2.76 bits per heavy atom. The number of nitrogens with zero attached hydrogens (tertiary/aromatic N) is 1. The molecule has 0 aliphatic carbocycles. The molecule has 3 heteroatoms. The second-order valence-corrected chi connectivity index (χ2v) is 7.23. The molecule has 2 nitrogen and oxygen atoms in total. The molecule has 2 unspecified atom stereocenters. The van der Waals surface area contributed by atoms with Gasteiger partial charge in [0.25, 0.3) is 0 Å². The van der Waals surface area contributed by atoms with Crippen LogP contribution in [-0.2, 0) is 6.54 Å². The maximum absolute atomic E-state index is 6.43. The van der Waals surface area contributed by atoms with Gasteiger partial charge in [-0.3, -0.25) is 4.90 Å². The van der Waals surface area contributed by atoms with Gasteiger partial charge in [0.1, 0.15) is 0 Å². The van der Waals surface area contributed by atoms with E-state index in [0.29, 0.717) is 12.1 Å². The number of benzene rings is 1. The van der Waals surface area contributed by atoms with Gasteiger partial charge in [0.05, 0.1) is 0 Å². The maximum Gasteiger partial charge on any atom is 0.0453 e. The molecule has 1 aliphatic rings. The number of hydrogen-bond acceptors (Lipinski definition) is 2. The number of aryl methyl sites for hydroxylation is 1. The van der Waals surface area contributed by atoms with E-state index in [1.165, 1.54) is 24.0 Å². The molecule has 0 aromatic heterocycles. The van der Waals surface area contributed by atoms with E-state index >= 15 is 0 Å². The molecule has 0 radical (unpaired) electrons. The Kier molecular flexibility index (Phi) is 6.09. The monoisotopic (exact) mass is 308 g/mol. The minimum absolute atomic E-state index is 0.609. The van der Waals surface area contributed by atoms with Crippen molar-refractivity contribution in [2.45, 2.75) is 59.2 Å². The van der Waals surface area contributed by atoms with Crippen molar-refractivity contribution in [1.82, 2.24) is 10.2 Å². The first-order valence-electron chi connectivity index (χ1n) is 8.22. The molecule has 118 valence electrons. The second-order valence-electron chi connectivity index (χ2n) is 6.82. The van der Waals surface area contributed by atoms with Gasteiger partial charge >= 0.3 is 0 Å². The zero-order valence-corrected chi connectivity index (χ0v) is 14.6. The van der Waals surface area contributed by atoms with Crippen LogP contribution in [0.2, 0.25) is 5.02 Å². The van der Waals surface area contributed by atoms with Gasteiger partial charge in [-0.15, -0.1) is 0 Å². The van der Waals surface area contributed by atoms with E-state index in [1.54, 1.807) is 0 Å². The smallest absolute Gasteiger partial charge is 0.0453 e. The summed E-state index contributed by atoms with van der Waals surface area (Å²) in [5.41, 5.74) is 2.49. The lowest BCUT2D eigenvalue weighted by Crippen LogP contribution is -2.56. The van der Waals surface area contributed by atoms with Gasteiger partial charge in [-0.1, -0.05) is 44.5 Å². The molecule has 1 aliphatic heterocycles. The molecule has 0 amide bonds. The van der Waals surface area contributed by atoms with Gasteiger partial charge in [0.15, 0.2) is 0 Å². The average Bonchev–Trinajstić information content (AvgIpc) is 2.43. The Morgan fingerprint density at radius 1 is 1.38 bits per heavy atom. The number of piperazine rings is 1. The van der Waals surface area contributed by atoms with E-state index in [0.717, 1.165) is 30.6 Å². The summed E-state index contributed by atoms with van der Waals surface area (Å²) in [6, 6.07) is 7.65. The lowest BCUT2D eigenvalue weighted by atomic mass is 9.97. The Bertz CT molecular complexity index is 459. The molecule has 2 rings (SSSR count). The fraction of sp³-hybridized carbons (Fsp3) is 0.667. The summed E-state index contributed by atoms with van der Waals surface area (Å²) < 4.78 is 0. The normalized spacial score (nSPS) is 23.7. The Morgan fingerprint density at radius 2 is 2.14 bits per heavy atom. The van der Waals surface area contributed by atoms with Crippen LogP contribution in [0.5, 0.6) is 0 Å². The minimum Gasteiger partial charge on any atom is -0.311 e. The van der Waals surface area contributed by atoms with E-state index < -0.39 is 0 Å². The summed E-state index contributed by atoms with van der Waals surface area (Å²) in [7, 11) is 0. The molecule has 1 aromatic carbocycles. The van der Waals surface area contributed by atoms with Crippen molar-refractivity contribution in [2.24, 2.45) is 5.92 Å². The van der Waals surface area contributed by atoms with Crippen molar-refractivity contribution < 1.29 is 0 Å². The van der Waals surface area contributed by atoms with Crippen molar-refractivity contribution in [2.75, 3.05) is 13.1 Å². The molecule has 0 saturated carbocycles. The lowest BCUT2D eigenvalue weighted by molar-refractivity contribution is 0.105. The van der Waals surface area contributed by atoms with Crippen LogP contribution in [0.15, 0.2) is 18.2 Å². The average molecular weight is 309 g/mol. The molecule has 1 fully saturated rings. The maximum atomic E-state index is 6.43. The van der Waals surface area contributed by atoms with E-state index in [2.05, 4.69) is 56.1 Å². The topological polar surface area (TPSA) is 15.3 Å². The van der Waals surface area contributed by atoms with Gasteiger partial charge in [0, 0.05) is 36.7 Å². The van der Waals surface area contributed by atoms with E-state index in [-0.39, 0.29) is 0 Å². The molecule has 2 atom stereocenters. The number of rotatable bonds is 5. The number of hydrogen-bond donors (Lipinski definition) is 1. The van der Waals surface area contributed by atoms with Crippen LogP contribution < -0.4 is 5.32 Å². The van der Waals surface area contributed by atoms with Crippen LogP contribution in [0.25, 0.3) is 0 Å². The summed E-state index contributed by atoms with van der Waals surface area (Å²) in [5, 5.41) is 4.60. The Labute approximate surface area is 134 Å². The van der Waals surface area contributed by atoms with Crippen LogP contribution >= 0.6 is 11.6 Å². The highest BCUT2D eigenvalue weighted by Gasteiger charge is 2.27. The predicted molar refractivity (Wildman–Crippen MR) is 91.9 cm³/mol. The van der Waals surface area contributed by atoms with Crippen LogP contribution in [0, 0.1) is 12.8 Å². The van der Waals surface area contributed by atoms with Crippen molar-refractivity contribution in [1.29, 1.82) is 0 Å². The van der Waals surface area contributed by atoms with Crippen LogP contribution in [-0.4, -0.2) is 30.1 Å². The minimum atomic E-state index is 0.609. The fourth-order valence-electron chi connectivity index (χ4n) is 3.17. The molecule has 1 heterocycles. The highest BCUT2D eigenvalue weighted by atomic mass is 35.5. The number of halogens is 1. The van der Waals surface area contributed by atoms with Crippen molar-refractivity contribution in [3.05, 3.63) is 34.3 Å². The van der Waals surface area contributed by atoms with E-state index in [4.69, 9.17) is 11.6 Å². The molecule has 0 bridgehead atoms. The third kappa shape index (κ3) is 4.70. The van der Waals surface area contributed by atoms with E-state index in [9.17, 15) is 0 Å². The quantitative estimate of drug-likeness (QED) is 0.875. The zero-order chi connectivity index (χ0) is 15.4. The third-order valence-electron chi connectivity index (χ3n) is 4.43. The highest BCUT2D eigenvalue weighted by molar-refractivity contribution is 6.31. The molecule has 0 spiro atoms. The first kappa shape index (κ1) is 16.8. The van der Waals surface area contributed by atoms with Crippen LogP contribution in [0.3, 0.4) is 0 Å². The van der Waals surface area contributed by atoms with Gasteiger partial charge in [-0.25, -0.2) is 0 Å². The SMILES string of the molecule is CCC1CN(Cc2ccc(C)cc2Cl)C(CC(C)C)CN1. The molecule has 1 saturated heterocycles. The molecule has 21 heavy (non-hydrogen) atoms. The van der Waals surface area contributed by atoms with Crippen molar-refractivity contribution >= 4 is 11.6 Å². The van der Waals surface area contributed by atoms with Crippen LogP contribution in [0.4, 0.5) is 0 Å². The van der Waals surface area contributed by atoms with Crippen LogP contribution in [0.1, 0.15) is 44.7 Å². The summed E-state index contributed by atoms with van der Waals surface area (Å²) in [6.07, 6.45) is 2.43. The number of nitrogens with one attached hydrogen (secondary N) is 1. The predicted octanol–water partition coefficient (Wildman–Crippen LogP) is 4.25. The summed E-state index contributed by atoms with van der Waals surface area (Å²) in [5.74, 6) is 0.728. The molecular weight excluding hydrogens is 280 g/mol. The molecular formula is C18H29ClN2. The van der Waals surface area contributed by atoms with Gasteiger partial charge in [-0.2, -0.15) is 0 Å².